The van der Waals surface area contributed by atoms with E-state index in [0.717, 1.165) is 32.4 Å². The van der Waals surface area contributed by atoms with Crippen LogP contribution in [0.3, 0.4) is 0 Å². The van der Waals surface area contributed by atoms with Crippen molar-refractivity contribution in [1.82, 2.24) is 9.97 Å². The van der Waals surface area contributed by atoms with Crippen molar-refractivity contribution in [2.45, 2.75) is 6.61 Å². The predicted molar refractivity (Wildman–Crippen MR) is 118 cm³/mol. The highest BCUT2D eigenvalue weighted by molar-refractivity contribution is 9.10. The monoisotopic (exact) mass is 481 g/mol. The molecule has 0 fully saturated rings. The van der Waals surface area contributed by atoms with E-state index >= 15 is 0 Å². The number of halogens is 3. The third-order valence-corrected chi connectivity index (χ3v) is 5.62. The van der Waals surface area contributed by atoms with Gasteiger partial charge in [-0.3, -0.25) is 0 Å². The van der Waals surface area contributed by atoms with Crippen LogP contribution in [0.4, 0.5) is 11.5 Å². The van der Waals surface area contributed by atoms with Crippen LogP contribution in [0.15, 0.2) is 64.0 Å². The van der Waals surface area contributed by atoms with E-state index in [1.165, 1.54) is 0 Å². The van der Waals surface area contributed by atoms with E-state index in [2.05, 4.69) is 31.2 Å². The summed E-state index contributed by atoms with van der Waals surface area (Å²) in [5.74, 6) is 1.39. The van der Waals surface area contributed by atoms with Crippen molar-refractivity contribution in [3.05, 3.63) is 74.6 Å². The summed E-state index contributed by atoms with van der Waals surface area (Å²) in [5.41, 5.74) is 2.83. The van der Waals surface area contributed by atoms with Crippen LogP contribution in [-0.2, 0) is 6.61 Å². The number of thiophene rings is 1. The van der Waals surface area contributed by atoms with Crippen molar-refractivity contribution in [2.75, 3.05) is 5.32 Å². The minimum Gasteiger partial charge on any atom is -0.487 e. The van der Waals surface area contributed by atoms with E-state index < -0.39 is 0 Å². The van der Waals surface area contributed by atoms with Gasteiger partial charge >= 0.3 is 0 Å². The third kappa shape index (κ3) is 4.52. The topological polar surface area (TPSA) is 47.0 Å². The average molecular weight is 483 g/mol. The number of nitrogens with one attached hydrogen (secondary N) is 1. The summed E-state index contributed by atoms with van der Waals surface area (Å²) < 4.78 is 6.87. The summed E-state index contributed by atoms with van der Waals surface area (Å²) in [6, 6.07) is 13.5. The van der Waals surface area contributed by atoms with Crippen molar-refractivity contribution in [3.63, 3.8) is 0 Å². The Bertz CT molecular complexity index is 1070. The molecule has 0 spiro atoms. The summed E-state index contributed by atoms with van der Waals surface area (Å²) in [6.45, 7) is 0.440. The lowest BCUT2D eigenvalue weighted by atomic mass is 10.2. The minimum absolute atomic E-state index is 0. The number of nitrogens with zero attached hydrogens (tertiary/aromatic N) is 2. The van der Waals surface area contributed by atoms with Gasteiger partial charge in [-0.25, -0.2) is 9.97 Å². The van der Waals surface area contributed by atoms with Crippen molar-refractivity contribution in [1.29, 1.82) is 0 Å². The van der Waals surface area contributed by atoms with Gasteiger partial charge in [0.05, 0.1) is 15.9 Å². The zero-order valence-corrected chi connectivity index (χ0v) is 17.8. The van der Waals surface area contributed by atoms with E-state index in [-0.39, 0.29) is 12.4 Å². The molecule has 27 heavy (non-hydrogen) atoms. The van der Waals surface area contributed by atoms with Gasteiger partial charge in [0.2, 0.25) is 0 Å². The van der Waals surface area contributed by atoms with Crippen molar-refractivity contribution < 1.29 is 4.74 Å². The first-order valence-electron chi connectivity index (χ1n) is 7.80. The zero-order chi connectivity index (χ0) is 17.9. The molecule has 4 aromatic rings. The maximum Gasteiger partial charge on any atom is 0.142 e. The first-order valence-corrected chi connectivity index (χ1v) is 9.92. The molecule has 2 aromatic heterocycles. The SMILES string of the molecule is Cl.Clc1cc(Nc2ncnc3cscc23)ccc1OCc1ccccc1Br. The van der Waals surface area contributed by atoms with Crippen LogP contribution in [0.5, 0.6) is 5.75 Å². The molecule has 0 bridgehead atoms. The predicted octanol–water partition coefficient (Wildman–Crippen LogP) is 6.85. The fourth-order valence-corrected chi connectivity index (χ4v) is 3.88. The number of anilines is 2. The van der Waals surface area contributed by atoms with Crippen molar-refractivity contribution in [3.8, 4) is 5.75 Å². The lowest BCUT2D eigenvalue weighted by Crippen LogP contribution is -1.98. The molecule has 2 aromatic carbocycles. The fraction of sp³-hybridized carbons (Fsp3) is 0.0526. The summed E-state index contributed by atoms with van der Waals surface area (Å²) >= 11 is 11.5. The van der Waals surface area contributed by atoms with Gasteiger partial charge in [-0.05, 0) is 24.3 Å². The fourth-order valence-electron chi connectivity index (χ4n) is 2.49. The number of rotatable bonds is 5. The molecule has 0 saturated heterocycles. The van der Waals surface area contributed by atoms with Gasteiger partial charge in [-0.1, -0.05) is 45.7 Å². The Morgan fingerprint density at radius 2 is 1.96 bits per heavy atom. The van der Waals surface area contributed by atoms with Crippen LogP contribution in [0, 0.1) is 0 Å². The number of benzene rings is 2. The Kier molecular flexibility index (Phi) is 6.55. The van der Waals surface area contributed by atoms with E-state index in [9.17, 15) is 0 Å². The third-order valence-electron chi connectivity index (χ3n) is 3.82. The normalized spacial score (nSPS) is 10.4. The summed E-state index contributed by atoms with van der Waals surface area (Å²) in [5, 5.41) is 8.84. The van der Waals surface area contributed by atoms with E-state index in [0.29, 0.717) is 17.4 Å². The molecule has 0 atom stereocenters. The first-order chi connectivity index (χ1) is 12.7. The van der Waals surface area contributed by atoms with Crippen LogP contribution in [0.2, 0.25) is 5.02 Å². The molecule has 0 aliphatic heterocycles. The Morgan fingerprint density at radius 1 is 1.11 bits per heavy atom. The van der Waals surface area contributed by atoms with Crippen LogP contribution < -0.4 is 10.1 Å². The molecule has 2 heterocycles. The lowest BCUT2D eigenvalue weighted by Gasteiger charge is -2.12. The number of fused-ring (bicyclic) bond motifs is 1. The van der Waals surface area contributed by atoms with Crippen LogP contribution in [0.25, 0.3) is 10.9 Å². The van der Waals surface area contributed by atoms with Crippen molar-refractivity contribution in [2.24, 2.45) is 0 Å². The molecule has 0 aliphatic carbocycles. The highest BCUT2D eigenvalue weighted by atomic mass is 79.9. The van der Waals surface area contributed by atoms with Gasteiger partial charge in [-0.15, -0.1) is 23.7 Å². The van der Waals surface area contributed by atoms with E-state index in [1.807, 2.05) is 53.2 Å². The Labute approximate surface area is 180 Å². The molecule has 0 unspecified atom stereocenters. The van der Waals surface area contributed by atoms with Crippen LogP contribution in [0.1, 0.15) is 5.56 Å². The Hall–Kier alpha value is -1.86. The molecular weight excluding hydrogens is 469 g/mol. The van der Waals surface area contributed by atoms with Gasteiger partial charge in [0, 0.05) is 26.5 Å². The molecule has 8 heteroatoms. The van der Waals surface area contributed by atoms with Gasteiger partial charge in [0.15, 0.2) is 0 Å². The maximum absolute atomic E-state index is 6.39. The van der Waals surface area contributed by atoms with E-state index in [4.69, 9.17) is 16.3 Å². The summed E-state index contributed by atoms with van der Waals surface area (Å²) in [7, 11) is 0. The van der Waals surface area contributed by atoms with Crippen LogP contribution in [-0.4, -0.2) is 9.97 Å². The number of ether oxygens (including phenoxy) is 1. The number of hydrogen-bond donors (Lipinski definition) is 1. The van der Waals surface area contributed by atoms with Crippen molar-refractivity contribution >= 4 is 73.7 Å². The molecule has 4 nitrogen and oxygen atoms in total. The molecule has 0 amide bonds. The second-order valence-corrected chi connectivity index (χ2v) is 7.55. The van der Waals surface area contributed by atoms with Gasteiger partial charge < -0.3 is 10.1 Å². The molecule has 0 radical (unpaired) electrons. The average Bonchev–Trinajstić information content (AvgIpc) is 3.12. The molecular formula is C19H14BrCl2N3OS. The quantitative estimate of drug-likeness (QED) is 0.337. The molecule has 0 aliphatic rings. The standard InChI is InChI=1S/C19H13BrClN3OS.ClH/c20-15-4-2-1-3-12(15)8-25-18-6-5-13(7-16(18)21)24-19-14-9-26-10-17(14)22-11-23-19;/h1-7,9-11H,8H2,(H,22,23,24);1H. The second-order valence-electron chi connectivity index (χ2n) is 5.54. The largest absolute Gasteiger partial charge is 0.487 e. The summed E-state index contributed by atoms with van der Waals surface area (Å²) in [6.07, 6.45) is 1.55. The lowest BCUT2D eigenvalue weighted by molar-refractivity contribution is 0.305. The highest BCUT2D eigenvalue weighted by Gasteiger charge is 2.08. The molecule has 138 valence electrons. The number of hydrogen-bond acceptors (Lipinski definition) is 5. The number of aromatic nitrogens is 2. The van der Waals surface area contributed by atoms with Gasteiger partial charge in [-0.2, -0.15) is 0 Å². The molecule has 1 N–H and O–H groups in total. The van der Waals surface area contributed by atoms with E-state index in [1.54, 1.807) is 17.7 Å². The first kappa shape index (κ1) is 19.9. The minimum atomic E-state index is 0. The summed E-state index contributed by atoms with van der Waals surface area (Å²) in [4.78, 5) is 8.56. The zero-order valence-electron chi connectivity index (χ0n) is 13.9. The Balaban J connectivity index is 0.00000210. The smallest absolute Gasteiger partial charge is 0.142 e. The van der Waals surface area contributed by atoms with Gasteiger partial charge in [0.25, 0.3) is 0 Å². The Morgan fingerprint density at radius 3 is 2.78 bits per heavy atom. The van der Waals surface area contributed by atoms with Crippen LogP contribution >= 0.6 is 51.3 Å². The highest BCUT2D eigenvalue weighted by Crippen LogP contribution is 2.32. The second kappa shape index (κ2) is 8.89. The molecule has 4 rings (SSSR count). The molecule has 0 saturated carbocycles. The van der Waals surface area contributed by atoms with Gasteiger partial charge in [0.1, 0.15) is 24.5 Å². The maximum atomic E-state index is 6.39.